The van der Waals surface area contributed by atoms with Gasteiger partial charge in [0.1, 0.15) is 5.82 Å². The number of rotatable bonds is 7. The number of nitrogens with zero attached hydrogens (tertiary/aromatic N) is 2. The Bertz CT molecular complexity index is 542. The van der Waals surface area contributed by atoms with Crippen molar-refractivity contribution in [1.29, 1.82) is 0 Å². The van der Waals surface area contributed by atoms with Gasteiger partial charge in [0.15, 0.2) is 5.96 Å². The maximum atomic E-state index is 13.4. The zero-order valence-electron chi connectivity index (χ0n) is 15.6. The highest BCUT2D eigenvalue weighted by molar-refractivity contribution is 14.0. The molecule has 0 radical (unpaired) electrons. The molecule has 6 heteroatoms. The Morgan fingerprint density at radius 1 is 1.24 bits per heavy atom. The lowest BCUT2D eigenvalue weighted by Crippen LogP contribution is -2.44. The molecule has 1 aliphatic heterocycles. The molecule has 0 aliphatic carbocycles. The zero-order valence-corrected chi connectivity index (χ0v) is 18.0. The van der Waals surface area contributed by atoms with Gasteiger partial charge in [-0.2, -0.15) is 0 Å². The van der Waals surface area contributed by atoms with E-state index < -0.39 is 0 Å². The highest BCUT2D eigenvalue weighted by Crippen LogP contribution is 2.22. The van der Waals surface area contributed by atoms with E-state index in [0.717, 1.165) is 31.0 Å². The molecule has 0 atom stereocenters. The Labute approximate surface area is 168 Å². The van der Waals surface area contributed by atoms with Crippen LogP contribution in [0, 0.1) is 5.82 Å². The number of hydrogen-bond donors (Lipinski definition) is 2. The molecule has 1 aromatic rings. The van der Waals surface area contributed by atoms with Crippen LogP contribution in [-0.2, 0) is 5.41 Å². The summed E-state index contributed by atoms with van der Waals surface area (Å²) in [4.78, 5) is 6.80. The largest absolute Gasteiger partial charge is 0.356 e. The van der Waals surface area contributed by atoms with Gasteiger partial charge < -0.3 is 15.5 Å². The van der Waals surface area contributed by atoms with Crippen LogP contribution in [0.1, 0.15) is 38.7 Å². The smallest absolute Gasteiger partial charge is 0.191 e. The Morgan fingerprint density at radius 2 is 1.96 bits per heavy atom. The van der Waals surface area contributed by atoms with Crippen molar-refractivity contribution in [2.24, 2.45) is 4.99 Å². The molecular formula is C19H32FIN4. The molecule has 1 aliphatic rings. The van der Waals surface area contributed by atoms with Crippen LogP contribution in [0.25, 0.3) is 0 Å². The van der Waals surface area contributed by atoms with Crippen molar-refractivity contribution in [3.63, 3.8) is 0 Å². The first-order chi connectivity index (χ1) is 11.5. The van der Waals surface area contributed by atoms with Crippen molar-refractivity contribution in [2.75, 3.05) is 39.8 Å². The lowest BCUT2D eigenvalue weighted by atomic mass is 9.84. The van der Waals surface area contributed by atoms with Gasteiger partial charge in [0.25, 0.3) is 0 Å². The van der Waals surface area contributed by atoms with E-state index in [0.29, 0.717) is 6.54 Å². The minimum Gasteiger partial charge on any atom is -0.356 e. The first-order valence-corrected chi connectivity index (χ1v) is 8.94. The fourth-order valence-electron chi connectivity index (χ4n) is 3.05. The third-order valence-corrected chi connectivity index (χ3v) is 4.67. The molecule has 0 amide bonds. The molecule has 1 fully saturated rings. The Balaban J connectivity index is 0.00000312. The van der Waals surface area contributed by atoms with E-state index >= 15 is 0 Å². The van der Waals surface area contributed by atoms with Gasteiger partial charge in [-0.15, -0.1) is 24.0 Å². The van der Waals surface area contributed by atoms with Crippen LogP contribution in [0.2, 0.25) is 0 Å². The van der Waals surface area contributed by atoms with Crippen LogP contribution in [0.15, 0.2) is 29.3 Å². The molecule has 25 heavy (non-hydrogen) atoms. The molecule has 1 heterocycles. The average molecular weight is 462 g/mol. The SMILES string of the molecule is CN=C(NCCCN1CCCC1)NCC(C)(C)c1cccc(F)c1.I. The Morgan fingerprint density at radius 3 is 2.60 bits per heavy atom. The zero-order chi connectivity index (χ0) is 17.4. The number of guanidine groups is 1. The summed E-state index contributed by atoms with van der Waals surface area (Å²) in [6, 6.07) is 6.82. The fraction of sp³-hybridized carbons (Fsp3) is 0.632. The maximum absolute atomic E-state index is 13.4. The molecule has 142 valence electrons. The summed E-state index contributed by atoms with van der Waals surface area (Å²) in [6.07, 6.45) is 3.80. The molecule has 0 saturated carbocycles. The molecule has 0 spiro atoms. The summed E-state index contributed by atoms with van der Waals surface area (Å²) in [5, 5.41) is 6.73. The minimum atomic E-state index is -0.190. The van der Waals surface area contributed by atoms with Crippen LogP contribution < -0.4 is 10.6 Å². The number of nitrogens with one attached hydrogen (secondary N) is 2. The second-order valence-electron chi connectivity index (χ2n) is 7.15. The number of hydrogen-bond acceptors (Lipinski definition) is 2. The van der Waals surface area contributed by atoms with Gasteiger partial charge in [-0.05, 0) is 56.6 Å². The lowest BCUT2D eigenvalue weighted by molar-refractivity contribution is 0.334. The summed E-state index contributed by atoms with van der Waals surface area (Å²) in [5.41, 5.74) is 0.814. The van der Waals surface area contributed by atoms with Gasteiger partial charge in [-0.25, -0.2) is 4.39 Å². The van der Waals surface area contributed by atoms with E-state index in [-0.39, 0.29) is 35.2 Å². The molecular weight excluding hydrogens is 430 g/mol. The monoisotopic (exact) mass is 462 g/mol. The van der Waals surface area contributed by atoms with Crippen LogP contribution >= 0.6 is 24.0 Å². The van der Waals surface area contributed by atoms with E-state index in [2.05, 4.69) is 34.4 Å². The van der Waals surface area contributed by atoms with Crippen molar-refractivity contribution >= 4 is 29.9 Å². The van der Waals surface area contributed by atoms with Gasteiger partial charge in [0.05, 0.1) is 0 Å². The number of halogens is 2. The maximum Gasteiger partial charge on any atom is 0.191 e. The van der Waals surface area contributed by atoms with Crippen molar-refractivity contribution in [3.05, 3.63) is 35.6 Å². The average Bonchev–Trinajstić information content (AvgIpc) is 3.07. The molecule has 0 unspecified atom stereocenters. The standard InChI is InChI=1S/C19H31FN4.HI/c1-19(2,16-8-6-9-17(20)14-16)15-23-18(21-3)22-10-7-13-24-11-4-5-12-24;/h6,8-9,14H,4-5,7,10-13,15H2,1-3H3,(H2,21,22,23);1H. The highest BCUT2D eigenvalue weighted by Gasteiger charge is 2.21. The summed E-state index contributed by atoms with van der Waals surface area (Å²) in [6.45, 7) is 9.46. The van der Waals surface area contributed by atoms with E-state index in [4.69, 9.17) is 0 Å². The second kappa shape index (κ2) is 11.0. The molecule has 1 saturated heterocycles. The van der Waals surface area contributed by atoms with Crippen molar-refractivity contribution in [3.8, 4) is 0 Å². The lowest BCUT2D eigenvalue weighted by Gasteiger charge is -2.27. The topological polar surface area (TPSA) is 39.7 Å². The van der Waals surface area contributed by atoms with Crippen LogP contribution in [0.3, 0.4) is 0 Å². The third kappa shape index (κ3) is 7.48. The van der Waals surface area contributed by atoms with E-state index in [1.807, 2.05) is 6.07 Å². The molecule has 4 nitrogen and oxygen atoms in total. The summed E-state index contributed by atoms with van der Waals surface area (Å²) in [7, 11) is 1.78. The third-order valence-electron chi connectivity index (χ3n) is 4.67. The van der Waals surface area contributed by atoms with Gasteiger partial charge in [0, 0.05) is 25.6 Å². The molecule has 0 bridgehead atoms. The second-order valence-corrected chi connectivity index (χ2v) is 7.15. The predicted molar refractivity (Wildman–Crippen MR) is 114 cm³/mol. The van der Waals surface area contributed by atoms with Crippen molar-refractivity contribution in [2.45, 2.75) is 38.5 Å². The van der Waals surface area contributed by atoms with E-state index in [1.165, 1.54) is 32.0 Å². The normalized spacial score (nSPS) is 15.8. The van der Waals surface area contributed by atoms with E-state index in [9.17, 15) is 4.39 Å². The van der Waals surface area contributed by atoms with Gasteiger partial charge in [-0.1, -0.05) is 26.0 Å². The number of likely N-dealkylation sites (tertiary alicyclic amines) is 1. The van der Waals surface area contributed by atoms with Gasteiger partial charge in [-0.3, -0.25) is 4.99 Å². The highest BCUT2D eigenvalue weighted by atomic mass is 127. The summed E-state index contributed by atoms with van der Waals surface area (Å²) < 4.78 is 13.4. The summed E-state index contributed by atoms with van der Waals surface area (Å²) in [5.74, 6) is 0.617. The minimum absolute atomic E-state index is 0. The molecule has 1 aromatic carbocycles. The first-order valence-electron chi connectivity index (χ1n) is 8.94. The predicted octanol–water partition coefficient (Wildman–Crippen LogP) is 3.37. The van der Waals surface area contributed by atoms with E-state index in [1.54, 1.807) is 19.2 Å². The molecule has 2 N–H and O–H groups in total. The first kappa shape index (κ1) is 22.2. The Kier molecular flexibility index (Phi) is 9.71. The van der Waals surface area contributed by atoms with Crippen LogP contribution in [0.5, 0.6) is 0 Å². The molecule has 0 aromatic heterocycles. The van der Waals surface area contributed by atoms with Crippen molar-refractivity contribution in [1.82, 2.24) is 15.5 Å². The quantitative estimate of drug-likeness (QED) is 0.283. The fourth-order valence-corrected chi connectivity index (χ4v) is 3.05. The Hall–Kier alpha value is -0.890. The van der Waals surface area contributed by atoms with Gasteiger partial charge >= 0.3 is 0 Å². The van der Waals surface area contributed by atoms with Crippen molar-refractivity contribution < 1.29 is 4.39 Å². The van der Waals surface area contributed by atoms with Gasteiger partial charge in [0.2, 0.25) is 0 Å². The summed E-state index contributed by atoms with van der Waals surface area (Å²) >= 11 is 0. The number of aliphatic imine (C=N–C) groups is 1. The van der Waals surface area contributed by atoms with Crippen LogP contribution in [0.4, 0.5) is 4.39 Å². The van der Waals surface area contributed by atoms with Crippen LogP contribution in [-0.4, -0.2) is 50.6 Å². The molecule has 2 rings (SSSR count). The number of benzene rings is 1.